The van der Waals surface area contributed by atoms with Gasteiger partial charge in [0.1, 0.15) is 17.6 Å². The number of fused-ring (bicyclic) bond motifs is 3. The summed E-state index contributed by atoms with van der Waals surface area (Å²) in [6.45, 7) is 6.58. The third kappa shape index (κ3) is 3.44. The van der Waals surface area contributed by atoms with E-state index in [0.29, 0.717) is 12.4 Å². The molecule has 0 aliphatic carbocycles. The Bertz CT molecular complexity index is 1100. The van der Waals surface area contributed by atoms with Gasteiger partial charge in [-0.25, -0.2) is 4.98 Å². The topological polar surface area (TPSA) is 118 Å². The molecule has 1 aromatic carbocycles. The van der Waals surface area contributed by atoms with Crippen molar-refractivity contribution in [3.8, 4) is 11.3 Å². The van der Waals surface area contributed by atoms with Gasteiger partial charge in [0.2, 0.25) is 0 Å². The fourth-order valence-corrected chi connectivity index (χ4v) is 3.40. The number of aliphatic hydroxyl groups excluding tert-OH is 1. The quantitative estimate of drug-likeness (QED) is 0.382. The highest BCUT2D eigenvalue weighted by atomic mass is 16.3. The van der Waals surface area contributed by atoms with Crippen molar-refractivity contribution in [1.82, 2.24) is 30.3 Å². The minimum Gasteiger partial charge on any atom is -0.383 e. The summed E-state index contributed by atoms with van der Waals surface area (Å²) in [5.74, 6) is 0.438. The number of nitrogens with two attached hydrogens (primary N) is 1. The molecule has 0 radical (unpaired) electrons. The maximum Gasteiger partial charge on any atom is 0.135 e. The number of aromatic nitrogens is 5. The Kier molecular flexibility index (Phi) is 4.74. The van der Waals surface area contributed by atoms with Crippen molar-refractivity contribution in [3.05, 3.63) is 36.7 Å². The number of nitrogens with zero attached hydrogens (tertiary/aromatic N) is 4. The van der Waals surface area contributed by atoms with Crippen LogP contribution < -0.4 is 11.1 Å². The zero-order valence-electron chi connectivity index (χ0n) is 16.2. The normalized spacial score (nSPS) is 14.2. The molecule has 4 rings (SSSR count). The molecule has 0 amide bonds. The van der Waals surface area contributed by atoms with Gasteiger partial charge in [0.15, 0.2) is 0 Å². The predicted molar refractivity (Wildman–Crippen MR) is 110 cm³/mol. The summed E-state index contributed by atoms with van der Waals surface area (Å²) in [5.41, 5.74) is 9.74. The first kappa shape index (κ1) is 18.4. The van der Waals surface area contributed by atoms with Gasteiger partial charge in [-0.3, -0.25) is 15.1 Å². The van der Waals surface area contributed by atoms with Crippen LogP contribution in [0.25, 0.3) is 33.1 Å². The fourth-order valence-electron chi connectivity index (χ4n) is 3.40. The monoisotopic (exact) mass is 379 g/mol. The summed E-state index contributed by atoms with van der Waals surface area (Å²) >= 11 is 0. The second kappa shape index (κ2) is 7.21. The Morgan fingerprint density at radius 1 is 1.21 bits per heavy atom. The van der Waals surface area contributed by atoms with Crippen molar-refractivity contribution in [2.24, 2.45) is 5.92 Å². The highest BCUT2D eigenvalue weighted by Crippen LogP contribution is 2.30. The van der Waals surface area contributed by atoms with Gasteiger partial charge < -0.3 is 10.8 Å². The molecule has 5 N–H and O–H groups in total. The standard InChI is InChI=1S/C20H25N7O/c1-11(2)23-20(28)12(3)9-27-10-15-18(26-27)14-5-4-13(16-6-7-22-25-16)8-17(14)24-19(15)21/h4-8,10-12,20,23,28H,9H2,1-3H3,(H2,21,24)(H,22,25). The number of anilines is 1. The molecule has 3 aromatic heterocycles. The summed E-state index contributed by atoms with van der Waals surface area (Å²) in [4.78, 5) is 4.57. The molecule has 0 aliphatic heterocycles. The average Bonchev–Trinajstić information content (AvgIpc) is 3.31. The lowest BCUT2D eigenvalue weighted by Gasteiger charge is -2.22. The minimum absolute atomic E-state index is 0.0101. The van der Waals surface area contributed by atoms with Crippen molar-refractivity contribution in [2.45, 2.75) is 39.6 Å². The Morgan fingerprint density at radius 3 is 2.75 bits per heavy atom. The van der Waals surface area contributed by atoms with Crippen LogP contribution in [0.3, 0.4) is 0 Å². The Hall–Kier alpha value is -2.97. The maximum absolute atomic E-state index is 10.3. The Labute approximate surface area is 162 Å². The van der Waals surface area contributed by atoms with Gasteiger partial charge in [-0.1, -0.05) is 13.0 Å². The van der Waals surface area contributed by atoms with E-state index in [-0.39, 0.29) is 12.0 Å². The van der Waals surface area contributed by atoms with Gasteiger partial charge in [-0.05, 0) is 32.0 Å². The third-order valence-corrected chi connectivity index (χ3v) is 4.86. The largest absolute Gasteiger partial charge is 0.383 e. The first-order valence-corrected chi connectivity index (χ1v) is 9.42. The minimum atomic E-state index is -0.600. The van der Waals surface area contributed by atoms with Crippen LogP contribution in [0.15, 0.2) is 36.7 Å². The van der Waals surface area contributed by atoms with E-state index in [1.54, 1.807) is 6.20 Å². The van der Waals surface area contributed by atoms with E-state index in [0.717, 1.165) is 33.1 Å². The van der Waals surface area contributed by atoms with E-state index in [1.807, 2.05) is 55.9 Å². The lowest BCUT2D eigenvalue weighted by molar-refractivity contribution is 0.0650. The molecule has 0 saturated carbocycles. The number of hydrogen-bond acceptors (Lipinski definition) is 6. The van der Waals surface area contributed by atoms with Crippen LogP contribution in [-0.4, -0.2) is 42.3 Å². The van der Waals surface area contributed by atoms with Crippen molar-refractivity contribution in [2.75, 3.05) is 5.73 Å². The van der Waals surface area contributed by atoms with Gasteiger partial charge in [-0.15, -0.1) is 0 Å². The number of pyridine rings is 1. The van der Waals surface area contributed by atoms with Crippen molar-refractivity contribution >= 4 is 27.6 Å². The summed E-state index contributed by atoms with van der Waals surface area (Å²) in [6, 6.07) is 8.13. The third-order valence-electron chi connectivity index (χ3n) is 4.86. The first-order valence-electron chi connectivity index (χ1n) is 9.42. The van der Waals surface area contributed by atoms with Crippen LogP contribution in [-0.2, 0) is 6.54 Å². The van der Waals surface area contributed by atoms with Crippen LogP contribution in [0.1, 0.15) is 20.8 Å². The van der Waals surface area contributed by atoms with Crippen LogP contribution in [0.4, 0.5) is 5.82 Å². The van der Waals surface area contributed by atoms with Gasteiger partial charge in [-0.2, -0.15) is 10.2 Å². The Balaban J connectivity index is 1.70. The van der Waals surface area contributed by atoms with Crippen LogP contribution >= 0.6 is 0 Å². The zero-order valence-corrected chi connectivity index (χ0v) is 16.2. The first-order chi connectivity index (χ1) is 13.4. The lowest BCUT2D eigenvalue weighted by atomic mass is 10.1. The number of aliphatic hydroxyl groups is 1. The smallest absolute Gasteiger partial charge is 0.135 e. The maximum atomic E-state index is 10.3. The second-order valence-corrected chi connectivity index (χ2v) is 7.56. The summed E-state index contributed by atoms with van der Waals surface area (Å²) in [6.07, 6.45) is 3.02. The molecule has 0 saturated heterocycles. The summed E-state index contributed by atoms with van der Waals surface area (Å²) in [7, 11) is 0. The number of aromatic amines is 1. The highest BCUT2D eigenvalue weighted by molar-refractivity contribution is 6.08. The molecule has 2 atom stereocenters. The SMILES string of the molecule is CC(C)NC(O)C(C)Cn1cc2c(N)nc3cc(-c4ccn[nH]4)ccc3c2n1. The zero-order chi connectivity index (χ0) is 19.8. The number of nitrogens with one attached hydrogen (secondary N) is 2. The molecule has 8 heteroatoms. The van der Waals surface area contributed by atoms with E-state index < -0.39 is 6.23 Å². The molecular weight excluding hydrogens is 354 g/mol. The lowest BCUT2D eigenvalue weighted by Crippen LogP contribution is -2.40. The van der Waals surface area contributed by atoms with Crippen molar-refractivity contribution in [3.63, 3.8) is 0 Å². The molecular formula is C20H25N7O. The van der Waals surface area contributed by atoms with Gasteiger partial charge in [0.25, 0.3) is 0 Å². The molecule has 2 unspecified atom stereocenters. The van der Waals surface area contributed by atoms with E-state index >= 15 is 0 Å². The highest BCUT2D eigenvalue weighted by Gasteiger charge is 2.18. The van der Waals surface area contributed by atoms with Crippen molar-refractivity contribution < 1.29 is 5.11 Å². The number of H-pyrrole nitrogens is 1. The molecule has 0 spiro atoms. The number of nitrogen functional groups attached to an aromatic ring is 1. The molecule has 28 heavy (non-hydrogen) atoms. The number of hydrogen-bond donors (Lipinski definition) is 4. The van der Waals surface area contributed by atoms with E-state index in [9.17, 15) is 5.11 Å². The van der Waals surface area contributed by atoms with Crippen LogP contribution in [0, 0.1) is 5.92 Å². The fraction of sp³-hybridized carbons (Fsp3) is 0.350. The molecule has 0 bridgehead atoms. The Morgan fingerprint density at radius 2 is 2.04 bits per heavy atom. The number of rotatable bonds is 6. The summed E-state index contributed by atoms with van der Waals surface area (Å²) in [5, 5.41) is 26.9. The van der Waals surface area contributed by atoms with E-state index in [4.69, 9.17) is 10.8 Å². The van der Waals surface area contributed by atoms with Gasteiger partial charge in [0, 0.05) is 41.8 Å². The van der Waals surface area contributed by atoms with Crippen molar-refractivity contribution in [1.29, 1.82) is 0 Å². The van der Waals surface area contributed by atoms with E-state index in [2.05, 4.69) is 20.5 Å². The van der Waals surface area contributed by atoms with Gasteiger partial charge in [0.05, 0.1) is 16.6 Å². The molecule has 146 valence electrons. The predicted octanol–water partition coefficient (Wildman–Crippen LogP) is 2.51. The average molecular weight is 379 g/mol. The van der Waals surface area contributed by atoms with Crippen LogP contribution in [0.5, 0.6) is 0 Å². The van der Waals surface area contributed by atoms with Crippen LogP contribution in [0.2, 0.25) is 0 Å². The van der Waals surface area contributed by atoms with Gasteiger partial charge >= 0.3 is 0 Å². The number of benzene rings is 1. The molecule has 0 fully saturated rings. The molecule has 3 heterocycles. The van der Waals surface area contributed by atoms with E-state index in [1.165, 1.54) is 0 Å². The second-order valence-electron chi connectivity index (χ2n) is 7.56. The molecule has 0 aliphatic rings. The molecule has 4 aromatic rings. The molecule has 8 nitrogen and oxygen atoms in total. The summed E-state index contributed by atoms with van der Waals surface area (Å²) < 4.78 is 1.83.